The van der Waals surface area contributed by atoms with Gasteiger partial charge < -0.3 is 4.74 Å². The lowest BCUT2D eigenvalue weighted by atomic mass is 9.97. The molecule has 0 atom stereocenters. The highest BCUT2D eigenvalue weighted by molar-refractivity contribution is 7.99. The fourth-order valence-corrected chi connectivity index (χ4v) is 4.37. The maximum atomic E-state index is 13.4. The molecule has 2 aromatic carbocycles. The van der Waals surface area contributed by atoms with Crippen LogP contribution in [0.15, 0.2) is 58.8 Å². The Morgan fingerprint density at radius 2 is 1.69 bits per heavy atom. The Bertz CT molecular complexity index is 883. The molecule has 0 aliphatic heterocycles. The van der Waals surface area contributed by atoms with E-state index in [9.17, 15) is 9.18 Å². The topological polar surface area (TPSA) is 26.3 Å². The number of carbonyl (C=O) groups excluding carboxylic acids is 1. The Balaban J connectivity index is 2.10. The number of thioether (sulfide) groups is 1. The molecular weight excluding hydrogens is 367 g/mol. The van der Waals surface area contributed by atoms with E-state index in [2.05, 4.69) is 31.2 Å². The molecule has 0 amide bonds. The lowest BCUT2D eigenvalue weighted by Gasteiger charge is -2.09. The maximum Gasteiger partial charge on any atom is 0.348 e. The normalized spacial score (nSPS) is 10.7. The summed E-state index contributed by atoms with van der Waals surface area (Å²) in [6.07, 6.45) is 0. The first-order valence-electron chi connectivity index (χ1n) is 8.41. The van der Waals surface area contributed by atoms with Crippen LogP contribution in [0.25, 0.3) is 22.3 Å². The summed E-state index contributed by atoms with van der Waals surface area (Å²) in [7, 11) is 0. The highest BCUT2D eigenvalue weighted by atomic mass is 32.2. The van der Waals surface area contributed by atoms with Gasteiger partial charge in [0.1, 0.15) is 10.7 Å². The van der Waals surface area contributed by atoms with Crippen LogP contribution in [0.1, 0.15) is 23.5 Å². The predicted octanol–water partition coefficient (Wildman–Crippen LogP) is 6.51. The largest absolute Gasteiger partial charge is 0.462 e. The van der Waals surface area contributed by atoms with Gasteiger partial charge in [0.15, 0.2) is 0 Å². The van der Waals surface area contributed by atoms with Crippen molar-refractivity contribution in [2.75, 3.05) is 12.4 Å². The van der Waals surface area contributed by atoms with Gasteiger partial charge in [-0.25, -0.2) is 9.18 Å². The van der Waals surface area contributed by atoms with E-state index in [0.717, 1.165) is 28.0 Å². The van der Waals surface area contributed by atoms with Crippen molar-refractivity contribution in [2.24, 2.45) is 0 Å². The minimum atomic E-state index is -0.346. The summed E-state index contributed by atoms with van der Waals surface area (Å²) in [5.41, 5.74) is 3.58. The lowest BCUT2D eigenvalue weighted by molar-refractivity contribution is 0.0533. The molecular formula is C21H19FO2S2. The standard InChI is InChI=1S/C21H19FO2S2/c1-3-24-21(23)20-19(15-5-9-16(22)10-6-15)18(13-26-20)14-7-11-17(12-8-14)25-4-2/h5-13H,3-4H2,1-2H3. The van der Waals surface area contributed by atoms with Crippen LogP contribution in [-0.2, 0) is 4.74 Å². The Morgan fingerprint density at radius 3 is 2.31 bits per heavy atom. The molecule has 0 saturated heterocycles. The van der Waals surface area contributed by atoms with Gasteiger partial charge in [-0.1, -0.05) is 31.2 Å². The molecule has 1 aromatic heterocycles. The van der Waals surface area contributed by atoms with E-state index in [1.54, 1.807) is 30.8 Å². The SMILES string of the molecule is CCOC(=O)c1scc(-c2ccc(SCC)cc2)c1-c1ccc(F)cc1. The minimum absolute atomic E-state index is 0.302. The summed E-state index contributed by atoms with van der Waals surface area (Å²) in [4.78, 5) is 14.2. The van der Waals surface area contributed by atoms with Crippen molar-refractivity contribution >= 4 is 29.1 Å². The zero-order valence-corrected chi connectivity index (χ0v) is 16.3. The molecule has 3 rings (SSSR count). The second-order valence-corrected chi connectivity index (χ2v) is 7.76. The average molecular weight is 387 g/mol. The highest BCUT2D eigenvalue weighted by Crippen LogP contribution is 2.40. The van der Waals surface area contributed by atoms with Crippen molar-refractivity contribution in [1.82, 2.24) is 0 Å². The molecule has 0 saturated carbocycles. The Labute approximate surface area is 161 Å². The molecule has 0 aliphatic rings. The van der Waals surface area contributed by atoms with Crippen LogP contribution in [-0.4, -0.2) is 18.3 Å². The van der Waals surface area contributed by atoms with Gasteiger partial charge in [0.25, 0.3) is 0 Å². The van der Waals surface area contributed by atoms with E-state index in [-0.39, 0.29) is 11.8 Å². The summed E-state index contributed by atoms with van der Waals surface area (Å²) in [5.74, 6) is 0.372. The molecule has 0 unspecified atom stereocenters. The molecule has 0 N–H and O–H groups in total. The van der Waals surface area contributed by atoms with Crippen LogP contribution >= 0.6 is 23.1 Å². The molecule has 0 aliphatic carbocycles. The number of hydrogen-bond acceptors (Lipinski definition) is 4. The monoisotopic (exact) mass is 386 g/mol. The summed E-state index contributed by atoms with van der Waals surface area (Å²) in [5, 5.41) is 1.97. The molecule has 134 valence electrons. The lowest BCUT2D eigenvalue weighted by Crippen LogP contribution is -2.04. The van der Waals surface area contributed by atoms with E-state index in [1.807, 2.05) is 5.38 Å². The van der Waals surface area contributed by atoms with E-state index in [0.29, 0.717) is 11.5 Å². The van der Waals surface area contributed by atoms with Crippen LogP contribution in [0.4, 0.5) is 4.39 Å². The van der Waals surface area contributed by atoms with Crippen LogP contribution in [0.3, 0.4) is 0 Å². The molecule has 0 spiro atoms. The summed E-state index contributed by atoms with van der Waals surface area (Å²) in [6.45, 7) is 4.22. The van der Waals surface area contributed by atoms with Gasteiger partial charge >= 0.3 is 5.97 Å². The quantitative estimate of drug-likeness (QED) is 0.357. The van der Waals surface area contributed by atoms with Gasteiger partial charge in [-0.3, -0.25) is 0 Å². The first-order valence-corrected chi connectivity index (χ1v) is 10.3. The van der Waals surface area contributed by atoms with Crippen molar-refractivity contribution in [3.05, 3.63) is 64.6 Å². The Kier molecular flexibility index (Phi) is 6.12. The molecule has 0 radical (unpaired) electrons. The van der Waals surface area contributed by atoms with Gasteiger partial charge in [0, 0.05) is 21.4 Å². The third kappa shape index (κ3) is 4.00. The van der Waals surface area contributed by atoms with E-state index < -0.39 is 0 Å². The smallest absolute Gasteiger partial charge is 0.348 e. The van der Waals surface area contributed by atoms with Crippen molar-refractivity contribution in [1.29, 1.82) is 0 Å². The number of carbonyl (C=O) groups is 1. The van der Waals surface area contributed by atoms with Crippen molar-refractivity contribution in [2.45, 2.75) is 18.7 Å². The van der Waals surface area contributed by atoms with Gasteiger partial charge in [0.2, 0.25) is 0 Å². The fourth-order valence-electron chi connectivity index (χ4n) is 2.72. The van der Waals surface area contributed by atoms with Gasteiger partial charge in [-0.2, -0.15) is 0 Å². The number of esters is 1. The molecule has 0 bridgehead atoms. The zero-order chi connectivity index (χ0) is 18.5. The zero-order valence-electron chi connectivity index (χ0n) is 14.6. The Hall–Kier alpha value is -2.11. The predicted molar refractivity (Wildman–Crippen MR) is 108 cm³/mol. The number of thiophene rings is 1. The van der Waals surface area contributed by atoms with E-state index >= 15 is 0 Å². The van der Waals surface area contributed by atoms with E-state index in [4.69, 9.17) is 4.74 Å². The highest BCUT2D eigenvalue weighted by Gasteiger charge is 2.21. The molecule has 5 heteroatoms. The van der Waals surface area contributed by atoms with Crippen LogP contribution in [0.5, 0.6) is 0 Å². The first kappa shape index (κ1) is 18.7. The minimum Gasteiger partial charge on any atom is -0.462 e. The van der Waals surface area contributed by atoms with Gasteiger partial charge in [-0.05, 0) is 48.1 Å². The third-order valence-corrected chi connectivity index (χ3v) is 5.72. The van der Waals surface area contributed by atoms with Crippen molar-refractivity contribution in [3.63, 3.8) is 0 Å². The summed E-state index contributed by atoms with van der Waals surface area (Å²) in [6, 6.07) is 14.5. The fraction of sp³-hybridized carbons (Fsp3) is 0.190. The molecule has 3 aromatic rings. The third-order valence-electron chi connectivity index (χ3n) is 3.86. The van der Waals surface area contributed by atoms with Crippen molar-refractivity contribution in [3.8, 4) is 22.3 Å². The Morgan fingerprint density at radius 1 is 1.04 bits per heavy atom. The summed E-state index contributed by atoms with van der Waals surface area (Å²) < 4.78 is 18.6. The number of halogens is 1. The van der Waals surface area contributed by atoms with Crippen LogP contribution in [0, 0.1) is 5.82 Å². The van der Waals surface area contributed by atoms with Crippen LogP contribution < -0.4 is 0 Å². The van der Waals surface area contributed by atoms with Gasteiger partial charge in [-0.15, -0.1) is 23.1 Å². The average Bonchev–Trinajstić information content (AvgIpc) is 3.09. The molecule has 1 heterocycles. The maximum absolute atomic E-state index is 13.4. The summed E-state index contributed by atoms with van der Waals surface area (Å²) >= 11 is 3.14. The number of hydrogen-bond donors (Lipinski definition) is 0. The van der Waals surface area contributed by atoms with Gasteiger partial charge in [0.05, 0.1) is 6.61 Å². The number of ether oxygens (including phenoxy) is 1. The number of benzene rings is 2. The second kappa shape index (κ2) is 8.52. The van der Waals surface area contributed by atoms with Crippen molar-refractivity contribution < 1.29 is 13.9 Å². The second-order valence-electron chi connectivity index (χ2n) is 5.54. The van der Waals surface area contributed by atoms with Crippen LogP contribution in [0.2, 0.25) is 0 Å². The molecule has 2 nitrogen and oxygen atoms in total. The molecule has 26 heavy (non-hydrogen) atoms. The van der Waals surface area contributed by atoms with E-state index in [1.165, 1.54) is 28.4 Å². The first-order chi connectivity index (χ1) is 12.6. The number of rotatable bonds is 6. The molecule has 0 fully saturated rings.